The molecule has 0 amide bonds. The molecule has 0 atom stereocenters. The van der Waals surface area contributed by atoms with Crippen LogP contribution in [0.3, 0.4) is 0 Å². The second-order valence-electron chi connectivity index (χ2n) is 1.52. The van der Waals surface area contributed by atoms with Gasteiger partial charge < -0.3 is 4.55 Å². The number of hydrogen-bond donors (Lipinski definition) is 0. The fraction of sp³-hybridized carbons (Fsp3) is 1.00. The van der Waals surface area contributed by atoms with Crippen LogP contribution < -0.4 is 5.32 Å². The average Bonchev–Trinajstić information content (AvgIpc) is 1.69. The maximum absolute atomic E-state index is 10.5. The minimum Gasteiger partial charge on any atom is -0.616 e. The quantitative estimate of drug-likeness (QED) is 0.389. The van der Waals surface area contributed by atoms with Gasteiger partial charge >= 0.3 is 0 Å². The van der Waals surface area contributed by atoms with E-state index >= 15 is 0 Å². The fourth-order valence-electron chi connectivity index (χ4n) is 0.547. The van der Waals surface area contributed by atoms with Crippen LogP contribution in [-0.4, -0.2) is 29.1 Å². The van der Waals surface area contributed by atoms with Crippen molar-refractivity contribution >= 4 is 11.2 Å². The van der Waals surface area contributed by atoms with E-state index in [4.69, 9.17) is 0 Å². The lowest BCUT2D eigenvalue weighted by Gasteiger charge is -2.07. The van der Waals surface area contributed by atoms with Gasteiger partial charge in [-0.2, -0.15) is 0 Å². The van der Waals surface area contributed by atoms with Crippen molar-refractivity contribution in [2.45, 2.75) is 0 Å². The maximum Gasteiger partial charge on any atom is 0.228 e. The van der Waals surface area contributed by atoms with E-state index in [0.29, 0.717) is 0 Å². The van der Waals surface area contributed by atoms with Crippen molar-refractivity contribution in [3.8, 4) is 0 Å². The molecule has 1 rings (SSSR count). The van der Waals surface area contributed by atoms with Crippen molar-refractivity contribution in [2.75, 3.05) is 24.6 Å². The molecule has 3 heteroatoms. The summed E-state index contributed by atoms with van der Waals surface area (Å²) in [5.41, 5.74) is 0. The first-order valence-electron chi connectivity index (χ1n) is 2.38. The van der Waals surface area contributed by atoms with E-state index in [0.717, 1.165) is 24.6 Å². The molecule has 0 aromatic rings. The molecular formula is C4H8NOS+. The highest BCUT2D eigenvalue weighted by Gasteiger charge is 2.20. The highest BCUT2D eigenvalue weighted by atomic mass is 32.2. The third-order valence-electron chi connectivity index (χ3n) is 0.954. The predicted octanol–water partition coefficient (Wildman–Crippen LogP) is -0.647. The summed E-state index contributed by atoms with van der Waals surface area (Å²) in [4.78, 5) is 0. The minimum absolute atomic E-state index is 0.534. The highest BCUT2D eigenvalue weighted by molar-refractivity contribution is 7.91. The summed E-state index contributed by atoms with van der Waals surface area (Å²) in [5.74, 6) is 1.58. The van der Waals surface area contributed by atoms with E-state index < -0.39 is 11.2 Å². The van der Waals surface area contributed by atoms with Gasteiger partial charge in [0.2, 0.25) is 13.1 Å². The maximum atomic E-state index is 10.5. The second-order valence-corrected chi connectivity index (χ2v) is 3.22. The molecule has 1 heterocycles. The largest absolute Gasteiger partial charge is 0.616 e. The van der Waals surface area contributed by atoms with Gasteiger partial charge in [-0.05, 0) is 11.2 Å². The Morgan fingerprint density at radius 2 is 1.86 bits per heavy atom. The van der Waals surface area contributed by atoms with Gasteiger partial charge in [-0.1, -0.05) is 0 Å². The van der Waals surface area contributed by atoms with Crippen LogP contribution >= 0.6 is 0 Å². The lowest BCUT2D eigenvalue weighted by atomic mass is 10.6. The Kier molecular flexibility index (Phi) is 1.97. The molecule has 0 N–H and O–H groups in total. The first-order valence-corrected chi connectivity index (χ1v) is 3.86. The molecule has 0 aromatic carbocycles. The van der Waals surface area contributed by atoms with E-state index in [9.17, 15) is 4.55 Å². The van der Waals surface area contributed by atoms with Crippen LogP contribution in [0.5, 0.6) is 0 Å². The number of nitrogens with zero attached hydrogens (tertiary/aromatic N) is 1. The normalized spacial score (nSPS) is 25.3. The molecule has 0 aromatic heterocycles. The molecule has 0 spiro atoms. The van der Waals surface area contributed by atoms with Gasteiger partial charge in [0.25, 0.3) is 0 Å². The Morgan fingerprint density at radius 1 is 1.29 bits per heavy atom. The average molecular weight is 118 g/mol. The first-order chi connectivity index (χ1) is 3.39. The number of rotatable bonds is 0. The summed E-state index contributed by atoms with van der Waals surface area (Å²) in [6.07, 6.45) is 0. The molecule has 0 unspecified atom stereocenters. The summed E-state index contributed by atoms with van der Waals surface area (Å²) in [6.45, 7) is 1.62. The molecule has 1 saturated heterocycles. The lowest BCUT2D eigenvalue weighted by molar-refractivity contribution is 0.574. The number of hydrogen-bond acceptors (Lipinski definition) is 1. The molecule has 2 nitrogen and oxygen atoms in total. The Labute approximate surface area is 46.5 Å². The summed E-state index contributed by atoms with van der Waals surface area (Å²) >= 11 is -0.534. The van der Waals surface area contributed by atoms with Crippen molar-refractivity contribution in [1.82, 2.24) is 5.32 Å². The molecule has 7 heavy (non-hydrogen) atoms. The molecule has 2 radical (unpaired) electrons. The second kappa shape index (κ2) is 2.55. The van der Waals surface area contributed by atoms with Gasteiger partial charge in [0, 0.05) is 0 Å². The van der Waals surface area contributed by atoms with Crippen LogP contribution in [0.25, 0.3) is 0 Å². The molecule has 1 fully saturated rings. The zero-order valence-corrected chi connectivity index (χ0v) is 4.91. The zero-order valence-electron chi connectivity index (χ0n) is 4.09. The summed E-state index contributed by atoms with van der Waals surface area (Å²) in [5, 5.41) is 4.03. The summed E-state index contributed by atoms with van der Waals surface area (Å²) < 4.78 is 10.5. The van der Waals surface area contributed by atoms with Gasteiger partial charge in [0.15, 0.2) is 11.5 Å². The van der Waals surface area contributed by atoms with E-state index in [-0.39, 0.29) is 0 Å². The molecule has 1 aliphatic heterocycles. The third-order valence-corrected chi connectivity index (χ3v) is 2.23. The molecular weight excluding hydrogens is 110 g/mol. The summed E-state index contributed by atoms with van der Waals surface area (Å²) in [7, 11) is 0. The van der Waals surface area contributed by atoms with E-state index in [2.05, 4.69) is 5.32 Å². The van der Waals surface area contributed by atoms with Gasteiger partial charge in [-0.3, -0.25) is 0 Å². The topological polar surface area (TPSA) is 37.2 Å². The minimum atomic E-state index is -0.534. The molecule has 0 saturated carbocycles. The van der Waals surface area contributed by atoms with E-state index in [1.807, 2.05) is 0 Å². The Balaban J connectivity index is 2.12. The Hall–Kier alpha value is 0.270. The van der Waals surface area contributed by atoms with Gasteiger partial charge in [-0.15, -0.1) is 0 Å². The van der Waals surface area contributed by atoms with Crippen molar-refractivity contribution in [1.29, 1.82) is 0 Å². The van der Waals surface area contributed by atoms with Crippen molar-refractivity contribution < 1.29 is 4.55 Å². The first kappa shape index (κ1) is 5.41. The van der Waals surface area contributed by atoms with Crippen molar-refractivity contribution in [2.24, 2.45) is 0 Å². The predicted molar refractivity (Wildman–Crippen MR) is 29.7 cm³/mol. The lowest BCUT2D eigenvalue weighted by Crippen LogP contribution is -2.31. The SMILES string of the molecule is [O-][S+]1CC[N+]CC1. The van der Waals surface area contributed by atoms with Gasteiger partial charge in [0.1, 0.15) is 0 Å². The van der Waals surface area contributed by atoms with Crippen LogP contribution in [0.15, 0.2) is 0 Å². The highest BCUT2D eigenvalue weighted by Crippen LogP contribution is 1.92. The van der Waals surface area contributed by atoms with Crippen molar-refractivity contribution in [3.05, 3.63) is 0 Å². The standard InChI is InChI=1S/C4H8NOS/c6-7-3-1-5-2-4-7/h1-4H2/q+1. The fourth-order valence-corrected chi connectivity index (χ4v) is 1.42. The third kappa shape index (κ3) is 1.67. The monoisotopic (exact) mass is 118 g/mol. The van der Waals surface area contributed by atoms with Gasteiger partial charge in [-0.25, -0.2) is 0 Å². The van der Waals surface area contributed by atoms with Crippen LogP contribution in [0.4, 0.5) is 0 Å². The Morgan fingerprint density at radius 3 is 2.14 bits per heavy atom. The summed E-state index contributed by atoms with van der Waals surface area (Å²) in [6, 6.07) is 0. The van der Waals surface area contributed by atoms with Crippen LogP contribution in [0.2, 0.25) is 0 Å². The molecule has 40 valence electrons. The molecule has 0 aliphatic carbocycles. The van der Waals surface area contributed by atoms with Crippen LogP contribution in [0.1, 0.15) is 0 Å². The van der Waals surface area contributed by atoms with Gasteiger partial charge in [0.05, 0.1) is 5.32 Å². The van der Waals surface area contributed by atoms with Crippen LogP contribution in [-0.2, 0) is 11.2 Å². The smallest absolute Gasteiger partial charge is 0.228 e. The van der Waals surface area contributed by atoms with E-state index in [1.54, 1.807) is 0 Å². The Bertz CT molecular complexity index is 53.7. The molecule has 1 aliphatic rings. The van der Waals surface area contributed by atoms with Crippen molar-refractivity contribution in [3.63, 3.8) is 0 Å². The van der Waals surface area contributed by atoms with Crippen LogP contribution in [0, 0.1) is 0 Å². The zero-order chi connectivity index (χ0) is 5.11. The molecule has 0 bridgehead atoms. The van der Waals surface area contributed by atoms with E-state index in [1.165, 1.54) is 0 Å².